The number of aromatic nitrogens is 2. The summed E-state index contributed by atoms with van der Waals surface area (Å²) in [6.07, 6.45) is 1.44. The Kier molecular flexibility index (Phi) is 4.27. The Balaban J connectivity index is 2.43. The summed E-state index contributed by atoms with van der Waals surface area (Å²) in [5.74, 6) is 6.87. The molecule has 100 valence electrons. The van der Waals surface area contributed by atoms with Crippen LogP contribution in [-0.4, -0.2) is 24.2 Å². The van der Waals surface area contributed by atoms with Gasteiger partial charge in [0.25, 0.3) is 0 Å². The van der Waals surface area contributed by atoms with Crippen LogP contribution in [0.15, 0.2) is 36.7 Å². The molecule has 2 aromatic rings. The van der Waals surface area contributed by atoms with Crippen molar-refractivity contribution in [3.05, 3.63) is 47.9 Å². The SMILES string of the molecule is COc1cc(C(NN)c2ccccc2OC)ncn1. The third kappa shape index (κ3) is 2.81. The van der Waals surface area contributed by atoms with Crippen LogP contribution in [0.4, 0.5) is 0 Å². The zero-order valence-corrected chi connectivity index (χ0v) is 10.8. The van der Waals surface area contributed by atoms with E-state index in [9.17, 15) is 0 Å². The van der Waals surface area contributed by atoms with E-state index in [1.807, 2.05) is 24.3 Å². The van der Waals surface area contributed by atoms with Gasteiger partial charge < -0.3 is 9.47 Å². The first-order chi connectivity index (χ1) is 9.30. The van der Waals surface area contributed by atoms with Crippen molar-refractivity contribution in [1.29, 1.82) is 0 Å². The van der Waals surface area contributed by atoms with Crippen LogP contribution in [0.2, 0.25) is 0 Å². The van der Waals surface area contributed by atoms with Gasteiger partial charge in [-0.25, -0.2) is 15.4 Å². The topological polar surface area (TPSA) is 82.3 Å². The second-order valence-electron chi connectivity index (χ2n) is 3.83. The fraction of sp³-hybridized carbons (Fsp3) is 0.231. The molecule has 0 amide bonds. The molecule has 1 heterocycles. The van der Waals surface area contributed by atoms with Crippen molar-refractivity contribution in [2.75, 3.05) is 14.2 Å². The molecule has 0 aliphatic heterocycles. The van der Waals surface area contributed by atoms with E-state index in [1.165, 1.54) is 6.33 Å². The molecule has 1 atom stereocenters. The number of hydrogen-bond acceptors (Lipinski definition) is 6. The first-order valence-electron chi connectivity index (χ1n) is 5.75. The predicted molar refractivity (Wildman–Crippen MR) is 70.7 cm³/mol. The highest BCUT2D eigenvalue weighted by molar-refractivity contribution is 5.40. The molecule has 2 rings (SSSR count). The Hall–Kier alpha value is -2.18. The maximum Gasteiger partial charge on any atom is 0.216 e. The van der Waals surface area contributed by atoms with Gasteiger partial charge in [0.2, 0.25) is 5.88 Å². The van der Waals surface area contributed by atoms with Crippen LogP contribution in [0, 0.1) is 0 Å². The number of hydrogen-bond donors (Lipinski definition) is 2. The largest absolute Gasteiger partial charge is 0.496 e. The standard InChI is InChI=1S/C13H16N4O2/c1-18-11-6-4-3-5-9(11)13(17-14)10-7-12(19-2)16-8-15-10/h3-8,13,17H,14H2,1-2H3. The van der Waals surface area contributed by atoms with E-state index >= 15 is 0 Å². The Morgan fingerprint density at radius 1 is 1.16 bits per heavy atom. The van der Waals surface area contributed by atoms with Gasteiger partial charge in [0.15, 0.2) is 0 Å². The van der Waals surface area contributed by atoms with Crippen LogP contribution in [0.1, 0.15) is 17.3 Å². The molecule has 0 aliphatic rings. The summed E-state index contributed by atoms with van der Waals surface area (Å²) < 4.78 is 10.4. The fourth-order valence-corrected chi connectivity index (χ4v) is 1.86. The molecule has 0 fully saturated rings. The molecule has 0 bridgehead atoms. The third-order valence-corrected chi connectivity index (χ3v) is 2.78. The van der Waals surface area contributed by atoms with Gasteiger partial charge in [-0.15, -0.1) is 0 Å². The van der Waals surface area contributed by atoms with Crippen LogP contribution in [-0.2, 0) is 0 Å². The molecule has 1 unspecified atom stereocenters. The first kappa shape index (κ1) is 13.3. The molecule has 6 heteroatoms. The number of methoxy groups -OCH3 is 2. The van der Waals surface area contributed by atoms with Crippen molar-refractivity contribution >= 4 is 0 Å². The van der Waals surface area contributed by atoms with Crippen LogP contribution in [0.5, 0.6) is 11.6 Å². The maximum absolute atomic E-state index is 5.65. The second-order valence-corrected chi connectivity index (χ2v) is 3.83. The molecule has 1 aromatic carbocycles. The molecule has 0 saturated carbocycles. The number of nitrogens with two attached hydrogens (primary N) is 1. The normalized spacial score (nSPS) is 11.9. The molecule has 0 aliphatic carbocycles. The summed E-state index contributed by atoms with van der Waals surface area (Å²) in [5.41, 5.74) is 4.34. The smallest absolute Gasteiger partial charge is 0.216 e. The van der Waals surface area contributed by atoms with Crippen molar-refractivity contribution in [2.24, 2.45) is 5.84 Å². The van der Waals surface area contributed by atoms with E-state index in [2.05, 4.69) is 15.4 Å². The van der Waals surface area contributed by atoms with Crippen molar-refractivity contribution in [2.45, 2.75) is 6.04 Å². The zero-order valence-electron chi connectivity index (χ0n) is 10.8. The Bertz CT molecular complexity index is 548. The molecule has 0 radical (unpaired) electrons. The van der Waals surface area contributed by atoms with E-state index in [-0.39, 0.29) is 6.04 Å². The van der Waals surface area contributed by atoms with E-state index in [1.54, 1.807) is 20.3 Å². The van der Waals surface area contributed by atoms with E-state index in [0.29, 0.717) is 11.6 Å². The lowest BCUT2D eigenvalue weighted by molar-refractivity contribution is 0.392. The minimum atomic E-state index is -0.298. The van der Waals surface area contributed by atoms with Gasteiger partial charge in [-0.05, 0) is 6.07 Å². The van der Waals surface area contributed by atoms with E-state index in [0.717, 1.165) is 11.3 Å². The Morgan fingerprint density at radius 3 is 2.63 bits per heavy atom. The second kappa shape index (κ2) is 6.12. The predicted octanol–water partition coefficient (Wildman–Crippen LogP) is 1.05. The number of nitrogens with zero attached hydrogens (tertiary/aromatic N) is 2. The van der Waals surface area contributed by atoms with Gasteiger partial charge in [-0.1, -0.05) is 18.2 Å². The van der Waals surface area contributed by atoms with Crippen molar-refractivity contribution in [3.63, 3.8) is 0 Å². The number of hydrazine groups is 1. The highest BCUT2D eigenvalue weighted by atomic mass is 16.5. The number of nitrogens with one attached hydrogen (secondary N) is 1. The zero-order chi connectivity index (χ0) is 13.7. The molecule has 0 spiro atoms. The number of ether oxygens (including phenoxy) is 2. The molecule has 3 N–H and O–H groups in total. The van der Waals surface area contributed by atoms with Crippen LogP contribution in [0.3, 0.4) is 0 Å². The Labute approximate surface area is 111 Å². The van der Waals surface area contributed by atoms with Gasteiger partial charge in [0, 0.05) is 11.6 Å². The molecular formula is C13H16N4O2. The fourth-order valence-electron chi connectivity index (χ4n) is 1.86. The van der Waals surface area contributed by atoms with E-state index in [4.69, 9.17) is 15.3 Å². The highest BCUT2D eigenvalue weighted by Gasteiger charge is 2.18. The van der Waals surface area contributed by atoms with Crippen molar-refractivity contribution < 1.29 is 9.47 Å². The number of rotatable bonds is 5. The van der Waals surface area contributed by atoms with Crippen molar-refractivity contribution in [3.8, 4) is 11.6 Å². The summed E-state index contributed by atoms with van der Waals surface area (Å²) >= 11 is 0. The van der Waals surface area contributed by atoms with Gasteiger partial charge in [-0.2, -0.15) is 0 Å². The quantitative estimate of drug-likeness (QED) is 0.617. The molecule has 0 saturated heterocycles. The van der Waals surface area contributed by atoms with Crippen LogP contribution in [0.25, 0.3) is 0 Å². The molecule has 6 nitrogen and oxygen atoms in total. The summed E-state index contributed by atoms with van der Waals surface area (Å²) in [6, 6.07) is 9.05. The lowest BCUT2D eigenvalue weighted by atomic mass is 10.0. The molecule has 1 aromatic heterocycles. The van der Waals surface area contributed by atoms with Gasteiger partial charge in [0.05, 0.1) is 26.0 Å². The highest BCUT2D eigenvalue weighted by Crippen LogP contribution is 2.28. The van der Waals surface area contributed by atoms with Crippen LogP contribution < -0.4 is 20.7 Å². The molecule has 19 heavy (non-hydrogen) atoms. The summed E-state index contributed by atoms with van der Waals surface area (Å²) in [7, 11) is 3.17. The van der Waals surface area contributed by atoms with Gasteiger partial charge >= 0.3 is 0 Å². The van der Waals surface area contributed by atoms with Crippen molar-refractivity contribution in [1.82, 2.24) is 15.4 Å². The summed E-state index contributed by atoms with van der Waals surface area (Å²) in [6.45, 7) is 0. The Morgan fingerprint density at radius 2 is 1.95 bits per heavy atom. The van der Waals surface area contributed by atoms with E-state index < -0.39 is 0 Å². The minimum absolute atomic E-state index is 0.298. The first-order valence-corrected chi connectivity index (χ1v) is 5.75. The maximum atomic E-state index is 5.65. The average Bonchev–Trinajstić information content (AvgIpc) is 2.49. The summed E-state index contributed by atoms with van der Waals surface area (Å²) in [4.78, 5) is 8.20. The van der Waals surface area contributed by atoms with Gasteiger partial charge in [0.1, 0.15) is 12.1 Å². The van der Waals surface area contributed by atoms with Gasteiger partial charge in [-0.3, -0.25) is 5.84 Å². The number of para-hydroxylation sites is 1. The number of benzene rings is 1. The van der Waals surface area contributed by atoms with Crippen LogP contribution >= 0.6 is 0 Å². The third-order valence-electron chi connectivity index (χ3n) is 2.78. The lowest BCUT2D eigenvalue weighted by Crippen LogP contribution is -2.29. The average molecular weight is 260 g/mol. The lowest BCUT2D eigenvalue weighted by Gasteiger charge is -2.18. The molecular weight excluding hydrogens is 244 g/mol. The minimum Gasteiger partial charge on any atom is -0.496 e. The monoisotopic (exact) mass is 260 g/mol. The summed E-state index contributed by atoms with van der Waals surface area (Å²) in [5, 5.41) is 0.